The SMILES string of the molecule is CCN(c1cccc(C)c1)C1(CN)CCN2CCC1C2. The maximum absolute atomic E-state index is 6.31. The summed E-state index contributed by atoms with van der Waals surface area (Å²) in [5.74, 6) is 0.724. The van der Waals surface area contributed by atoms with Gasteiger partial charge in [0.15, 0.2) is 0 Å². The summed E-state index contributed by atoms with van der Waals surface area (Å²) in [6, 6.07) is 8.89. The minimum absolute atomic E-state index is 0.162. The second-order valence-corrected chi connectivity index (χ2v) is 6.43. The molecule has 20 heavy (non-hydrogen) atoms. The molecule has 3 heteroatoms. The Labute approximate surface area is 122 Å². The van der Waals surface area contributed by atoms with Gasteiger partial charge in [0.2, 0.25) is 0 Å². The zero-order valence-corrected chi connectivity index (χ0v) is 12.8. The summed E-state index contributed by atoms with van der Waals surface area (Å²) < 4.78 is 0. The van der Waals surface area contributed by atoms with Crippen LogP contribution in [0.5, 0.6) is 0 Å². The zero-order chi connectivity index (χ0) is 14.2. The van der Waals surface area contributed by atoms with E-state index in [1.165, 1.54) is 43.7 Å². The molecule has 3 atom stereocenters. The summed E-state index contributed by atoms with van der Waals surface area (Å²) in [6.07, 6.45) is 2.51. The van der Waals surface area contributed by atoms with Gasteiger partial charge < -0.3 is 15.5 Å². The predicted molar refractivity (Wildman–Crippen MR) is 85.1 cm³/mol. The standard InChI is InChI=1S/C17H27N3/c1-3-20(16-6-4-5-14(2)11-16)17(13-18)8-10-19-9-7-15(17)12-19/h4-6,11,15H,3,7-10,12-13,18H2,1-2H3. The van der Waals surface area contributed by atoms with Crippen molar-refractivity contribution in [3.05, 3.63) is 29.8 Å². The summed E-state index contributed by atoms with van der Waals surface area (Å²) >= 11 is 0. The fourth-order valence-electron chi connectivity index (χ4n) is 4.31. The molecule has 2 aliphatic rings. The van der Waals surface area contributed by atoms with E-state index in [0.29, 0.717) is 0 Å². The van der Waals surface area contributed by atoms with Gasteiger partial charge in [0.1, 0.15) is 0 Å². The van der Waals surface area contributed by atoms with Gasteiger partial charge in [-0.2, -0.15) is 0 Å². The van der Waals surface area contributed by atoms with Crippen molar-refractivity contribution in [2.45, 2.75) is 32.2 Å². The Morgan fingerprint density at radius 2 is 2.25 bits per heavy atom. The first-order valence-corrected chi connectivity index (χ1v) is 7.96. The van der Waals surface area contributed by atoms with Gasteiger partial charge in [-0.25, -0.2) is 0 Å². The summed E-state index contributed by atoms with van der Waals surface area (Å²) in [7, 11) is 0. The van der Waals surface area contributed by atoms with Crippen LogP contribution in [0.1, 0.15) is 25.3 Å². The highest BCUT2D eigenvalue weighted by atomic mass is 15.3. The van der Waals surface area contributed by atoms with Crippen molar-refractivity contribution in [1.29, 1.82) is 0 Å². The molecule has 3 unspecified atom stereocenters. The first-order chi connectivity index (χ1) is 9.69. The van der Waals surface area contributed by atoms with Crippen LogP contribution in [-0.2, 0) is 0 Å². The number of nitrogens with two attached hydrogens (primary N) is 1. The van der Waals surface area contributed by atoms with E-state index in [4.69, 9.17) is 5.73 Å². The molecule has 2 fully saturated rings. The van der Waals surface area contributed by atoms with Gasteiger partial charge in [-0.05, 0) is 56.8 Å². The van der Waals surface area contributed by atoms with Crippen molar-refractivity contribution in [2.24, 2.45) is 11.7 Å². The van der Waals surface area contributed by atoms with Gasteiger partial charge in [0.05, 0.1) is 5.54 Å². The number of hydrogen-bond donors (Lipinski definition) is 1. The van der Waals surface area contributed by atoms with E-state index in [0.717, 1.165) is 19.0 Å². The van der Waals surface area contributed by atoms with E-state index < -0.39 is 0 Å². The van der Waals surface area contributed by atoms with Crippen molar-refractivity contribution >= 4 is 5.69 Å². The van der Waals surface area contributed by atoms with Crippen molar-refractivity contribution in [1.82, 2.24) is 4.90 Å². The summed E-state index contributed by atoms with van der Waals surface area (Å²) in [5.41, 5.74) is 9.15. The first-order valence-electron chi connectivity index (χ1n) is 7.96. The van der Waals surface area contributed by atoms with E-state index in [1.54, 1.807) is 0 Å². The summed E-state index contributed by atoms with van der Waals surface area (Å²) in [4.78, 5) is 5.19. The molecule has 1 aromatic rings. The minimum atomic E-state index is 0.162. The Kier molecular flexibility index (Phi) is 3.74. The van der Waals surface area contributed by atoms with Crippen LogP contribution in [0, 0.1) is 12.8 Å². The third-order valence-electron chi connectivity index (χ3n) is 5.41. The molecule has 0 saturated carbocycles. The van der Waals surface area contributed by atoms with Crippen molar-refractivity contribution in [2.75, 3.05) is 37.6 Å². The minimum Gasteiger partial charge on any atom is -0.364 e. The molecular formula is C17H27N3. The second-order valence-electron chi connectivity index (χ2n) is 6.43. The van der Waals surface area contributed by atoms with Gasteiger partial charge in [-0.15, -0.1) is 0 Å². The second kappa shape index (κ2) is 5.38. The molecule has 2 heterocycles. The molecule has 0 aromatic heterocycles. The number of nitrogens with zero attached hydrogens (tertiary/aromatic N) is 2. The Morgan fingerprint density at radius 1 is 1.40 bits per heavy atom. The van der Waals surface area contributed by atoms with E-state index in [1.807, 2.05) is 0 Å². The number of anilines is 1. The molecule has 3 nitrogen and oxygen atoms in total. The average Bonchev–Trinajstić information content (AvgIpc) is 2.86. The van der Waals surface area contributed by atoms with Crippen LogP contribution in [0.4, 0.5) is 5.69 Å². The monoisotopic (exact) mass is 273 g/mol. The van der Waals surface area contributed by atoms with Crippen LogP contribution in [0.3, 0.4) is 0 Å². The average molecular weight is 273 g/mol. The smallest absolute Gasteiger partial charge is 0.0576 e. The molecule has 2 bridgehead atoms. The Hall–Kier alpha value is -1.06. The van der Waals surface area contributed by atoms with E-state index in [2.05, 4.69) is 47.9 Å². The van der Waals surface area contributed by atoms with Crippen LogP contribution in [0.25, 0.3) is 0 Å². The van der Waals surface area contributed by atoms with Gasteiger partial charge in [-0.1, -0.05) is 12.1 Å². The molecule has 2 aliphatic heterocycles. The summed E-state index contributed by atoms with van der Waals surface area (Å²) in [6.45, 7) is 9.95. The number of piperidine rings is 1. The van der Waals surface area contributed by atoms with Gasteiger partial charge in [-0.3, -0.25) is 0 Å². The Bertz CT molecular complexity index is 473. The van der Waals surface area contributed by atoms with Crippen molar-refractivity contribution in [3.8, 4) is 0 Å². The van der Waals surface area contributed by atoms with Crippen molar-refractivity contribution in [3.63, 3.8) is 0 Å². The van der Waals surface area contributed by atoms with E-state index in [9.17, 15) is 0 Å². The number of benzene rings is 1. The molecule has 2 saturated heterocycles. The van der Waals surface area contributed by atoms with Gasteiger partial charge in [0.25, 0.3) is 0 Å². The number of likely N-dealkylation sites (N-methyl/N-ethyl adjacent to an activating group) is 1. The molecule has 0 spiro atoms. The lowest BCUT2D eigenvalue weighted by atomic mass is 9.77. The van der Waals surface area contributed by atoms with Gasteiger partial charge in [0, 0.05) is 31.9 Å². The third-order valence-corrected chi connectivity index (χ3v) is 5.41. The highest BCUT2D eigenvalue weighted by molar-refractivity contribution is 5.52. The molecule has 0 aliphatic carbocycles. The highest BCUT2D eigenvalue weighted by Gasteiger charge is 2.48. The fourth-order valence-corrected chi connectivity index (χ4v) is 4.31. The predicted octanol–water partition coefficient (Wildman–Crippen LogP) is 2.24. The maximum atomic E-state index is 6.31. The van der Waals surface area contributed by atoms with Crippen LogP contribution >= 0.6 is 0 Å². The Morgan fingerprint density at radius 3 is 2.95 bits per heavy atom. The quantitative estimate of drug-likeness (QED) is 0.913. The zero-order valence-electron chi connectivity index (χ0n) is 12.8. The molecule has 2 N–H and O–H groups in total. The topological polar surface area (TPSA) is 32.5 Å². The molecule has 1 aromatic carbocycles. The maximum Gasteiger partial charge on any atom is 0.0576 e. The Balaban J connectivity index is 1.97. The van der Waals surface area contributed by atoms with E-state index >= 15 is 0 Å². The number of hydrogen-bond acceptors (Lipinski definition) is 3. The molecule has 3 rings (SSSR count). The van der Waals surface area contributed by atoms with Crippen LogP contribution in [-0.4, -0.2) is 43.2 Å². The van der Waals surface area contributed by atoms with Crippen LogP contribution in [0.15, 0.2) is 24.3 Å². The van der Waals surface area contributed by atoms with E-state index in [-0.39, 0.29) is 5.54 Å². The molecule has 0 amide bonds. The van der Waals surface area contributed by atoms with Crippen LogP contribution in [0.2, 0.25) is 0 Å². The largest absolute Gasteiger partial charge is 0.364 e. The fraction of sp³-hybridized carbons (Fsp3) is 0.647. The third kappa shape index (κ3) is 2.13. The highest BCUT2D eigenvalue weighted by Crippen LogP contribution is 2.41. The van der Waals surface area contributed by atoms with Gasteiger partial charge >= 0.3 is 0 Å². The summed E-state index contributed by atoms with van der Waals surface area (Å²) in [5, 5.41) is 0. The van der Waals surface area contributed by atoms with Crippen LogP contribution < -0.4 is 10.6 Å². The lowest BCUT2D eigenvalue weighted by Crippen LogP contribution is -2.62. The normalized spacial score (nSPS) is 32.4. The molecular weight excluding hydrogens is 246 g/mol. The number of aryl methyl sites for hydroxylation is 1. The lowest BCUT2D eigenvalue weighted by Gasteiger charge is -2.51. The molecule has 0 radical (unpaired) electrons. The lowest BCUT2D eigenvalue weighted by molar-refractivity contribution is 0.164. The first kappa shape index (κ1) is 13.9. The number of rotatable bonds is 4. The molecule has 110 valence electrons. The van der Waals surface area contributed by atoms with Crippen molar-refractivity contribution < 1.29 is 0 Å². The number of fused-ring (bicyclic) bond motifs is 2.